The molecule has 0 aromatic heterocycles. The Balaban J connectivity index is 1.63. The number of methoxy groups -OCH3 is 1. The summed E-state index contributed by atoms with van der Waals surface area (Å²) in [5, 5.41) is 2.70. The van der Waals surface area contributed by atoms with Crippen molar-refractivity contribution in [2.45, 2.75) is 18.7 Å². The molecular weight excluding hydrogens is 460 g/mol. The largest absolute Gasteiger partial charge is 0.495 e. The number of benzene rings is 2. The minimum atomic E-state index is -3.80. The zero-order valence-electron chi connectivity index (χ0n) is 19.4. The molecule has 0 atom stereocenters. The van der Waals surface area contributed by atoms with E-state index in [1.54, 1.807) is 12.1 Å². The molecule has 0 unspecified atom stereocenters. The first-order valence-electron chi connectivity index (χ1n) is 10.7. The van der Waals surface area contributed by atoms with E-state index < -0.39 is 28.5 Å². The van der Waals surface area contributed by atoms with E-state index in [0.29, 0.717) is 24.5 Å². The van der Waals surface area contributed by atoms with Gasteiger partial charge in [-0.05, 0) is 49.2 Å². The van der Waals surface area contributed by atoms with E-state index in [9.17, 15) is 18.0 Å². The Bertz CT molecular complexity index is 1190. The number of nitrogens with one attached hydrogen (secondary N) is 1. The molecule has 1 heterocycles. The number of morpholine rings is 1. The van der Waals surface area contributed by atoms with Gasteiger partial charge >= 0.3 is 5.97 Å². The molecule has 1 aliphatic heterocycles. The molecule has 1 N–H and O–H groups in total. The Hall–Kier alpha value is -3.21. The number of sulfonamides is 1. The highest BCUT2D eigenvalue weighted by atomic mass is 32.2. The molecule has 34 heavy (non-hydrogen) atoms. The summed E-state index contributed by atoms with van der Waals surface area (Å²) in [6, 6.07) is 10.2. The molecule has 182 valence electrons. The molecule has 0 spiro atoms. The molecule has 9 nitrogen and oxygen atoms in total. The summed E-state index contributed by atoms with van der Waals surface area (Å²) in [4.78, 5) is 24.2. The number of ether oxygens (including phenoxy) is 3. The first kappa shape index (κ1) is 25.4. The van der Waals surface area contributed by atoms with Gasteiger partial charge in [-0.3, -0.25) is 4.79 Å². The second-order valence-corrected chi connectivity index (χ2v) is 9.64. The summed E-state index contributed by atoms with van der Waals surface area (Å²) in [6.45, 7) is 4.53. The van der Waals surface area contributed by atoms with E-state index in [0.717, 1.165) is 17.2 Å². The first-order valence-corrected chi connectivity index (χ1v) is 12.1. The number of amides is 1. The molecular formula is C24H28N2O7S. The summed E-state index contributed by atoms with van der Waals surface area (Å²) in [5.74, 6) is -0.990. The maximum atomic E-state index is 13.1. The van der Waals surface area contributed by atoms with Crippen LogP contribution in [-0.4, -0.2) is 64.6 Å². The zero-order chi connectivity index (χ0) is 24.7. The SMILES string of the molecule is COc1ccc(/C=C/C(=O)OCC(=O)Nc2ccc(C)cc2C)cc1S(=O)(=O)N1CCOCC1. The van der Waals surface area contributed by atoms with Gasteiger partial charge in [0.2, 0.25) is 10.0 Å². The van der Waals surface area contributed by atoms with Gasteiger partial charge in [-0.2, -0.15) is 4.31 Å². The van der Waals surface area contributed by atoms with Crippen LogP contribution in [0.25, 0.3) is 6.08 Å². The van der Waals surface area contributed by atoms with Crippen LogP contribution in [0.3, 0.4) is 0 Å². The Morgan fingerprint density at radius 1 is 1.12 bits per heavy atom. The third-order valence-electron chi connectivity index (χ3n) is 5.19. The number of carbonyl (C=O) groups is 2. The molecule has 0 saturated carbocycles. The quantitative estimate of drug-likeness (QED) is 0.449. The molecule has 1 amide bonds. The predicted molar refractivity (Wildman–Crippen MR) is 127 cm³/mol. The summed E-state index contributed by atoms with van der Waals surface area (Å²) in [5.41, 5.74) is 3.09. The van der Waals surface area contributed by atoms with Crippen molar-refractivity contribution >= 4 is 33.7 Å². The highest BCUT2D eigenvalue weighted by Crippen LogP contribution is 2.29. The molecule has 1 aliphatic rings. The van der Waals surface area contributed by atoms with E-state index in [1.807, 2.05) is 26.0 Å². The van der Waals surface area contributed by atoms with Gasteiger partial charge in [0, 0.05) is 24.9 Å². The molecule has 0 bridgehead atoms. The van der Waals surface area contributed by atoms with Crippen molar-refractivity contribution in [2.24, 2.45) is 0 Å². The van der Waals surface area contributed by atoms with E-state index >= 15 is 0 Å². The molecule has 3 rings (SSSR count). The molecule has 10 heteroatoms. The van der Waals surface area contributed by atoms with Gasteiger partial charge in [-0.15, -0.1) is 0 Å². The van der Waals surface area contributed by atoms with Crippen molar-refractivity contribution in [3.8, 4) is 5.75 Å². The van der Waals surface area contributed by atoms with Gasteiger partial charge in [0.05, 0.1) is 20.3 Å². The smallest absolute Gasteiger partial charge is 0.331 e. The number of rotatable bonds is 8. The molecule has 0 aliphatic carbocycles. The fraction of sp³-hybridized carbons (Fsp3) is 0.333. The van der Waals surface area contributed by atoms with Crippen LogP contribution in [0.5, 0.6) is 5.75 Å². The van der Waals surface area contributed by atoms with Gasteiger partial charge in [-0.1, -0.05) is 23.8 Å². The van der Waals surface area contributed by atoms with Crippen molar-refractivity contribution < 1.29 is 32.2 Å². The van der Waals surface area contributed by atoms with Crippen molar-refractivity contribution in [1.29, 1.82) is 0 Å². The van der Waals surface area contributed by atoms with Crippen LogP contribution in [0.1, 0.15) is 16.7 Å². The number of nitrogens with zero attached hydrogens (tertiary/aromatic N) is 1. The number of esters is 1. The molecule has 1 saturated heterocycles. The number of anilines is 1. The van der Waals surface area contributed by atoms with E-state index in [-0.39, 0.29) is 23.7 Å². The average molecular weight is 489 g/mol. The van der Waals surface area contributed by atoms with Crippen LogP contribution in [0.2, 0.25) is 0 Å². The lowest BCUT2D eigenvalue weighted by Gasteiger charge is -2.26. The zero-order valence-corrected chi connectivity index (χ0v) is 20.2. The lowest BCUT2D eigenvalue weighted by atomic mass is 10.1. The van der Waals surface area contributed by atoms with E-state index in [1.165, 1.54) is 29.6 Å². The van der Waals surface area contributed by atoms with Crippen LogP contribution >= 0.6 is 0 Å². The van der Waals surface area contributed by atoms with E-state index in [4.69, 9.17) is 14.2 Å². The topological polar surface area (TPSA) is 111 Å². The summed E-state index contributed by atoms with van der Waals surface area (Å²) < 4.78 is 42.9. The van der Waals surface area contributed by atoms with Gasteiger partial charge in [0.25, 0.3) is 5.91 Å². The first-order chi connectivity index (χ1) is 16.2. The molecule has 2 aromatic carbocycles. The fourth-order valence-electron chi connectivity index (χ4n) is 3.41. The van der Waals surface area contributed by atoms with Crippen LogP contribution in [0.4, 0.5) is 5.69 Å². The van der Waals surface area contributed by atoms with Crippen LogP contribution < -0.4 is 10.1 Å². The standard InChI is InChI=1S/C24H28N2O7S/c1-17-4-7-20(18(2)14-17)25-23(27)16-33-24(28)9-6-19-5-8-21(31-3)22(15-19)34(29,30)26-10-12-32-13-11-26/h4-9,14-15H,10-13,16H2,1-3H3,(H,25,27)/b9-6+. The van der Waals surface area contributed by atoms with Crippen molar-refractivity contribution in [3.05, 3.63) is 59.2 Å². The Labute approximate surface area is 199 Å². The predicted octanol–water partition coefficient (Wildman–Crippen LogP) is 2.53. The minimum absolute atomic E-state index is 0.000243. The number of carbonyl (C=O) groups excluding carboxylic acids is 2. The average Bonchev–Trinajstić information content (AvgIpc) is 2.83. The lowest BCUT2D eigenvalue weighted by molar-refractivity contribution is -0.142. The van der Waals surface area contributed by atoms with Crippen molar-refractivity contribution in [2.75, 3.05) is 45.3 Å². The third kappa shape index (κ3) is 6.43. The monoisotopic (exact) mass is 488 g/mol. The summed E-state index contributed by atoms with van der Waals surface area (Å²) in [7, 11) is -2.41. The van der Waals surface area contributed by atoms with Gasteiger partial charge in [0.15, 0.2) is 6.61 Å². The normalized spacial score (nSPS) is 14.7. The second kappa shape index (κ2) is 11.3. The number of hydrogen-bond donors (Lipinski definition) is 1. The minimum Gasteiger partial charge on any atom is -0.495 e. The van der Waals surface area contributed by atoms with Crippen molar-refractivity contribution in [1.82, 2.24) is 4.31 Å². The number of aryl methyl sites for hydroxylation is 2. The number of hydrogen-bond acceptors (Lipinski definition) is 7. The third-order valence-corrected chi connectivity index (χ3v) is 7.11. The maximum Gasteiger partial charge on any atom is 0.331 e. The molecule has 1 fully saturated rings. The fourth-order valence-corrected chi connectivity index (χ4v) is 5.01. The van der Waals surface area contributed by atoms with Gasteiger partial charge in [-0.25, -0.2) is 13.2 Å². The molecule has 2 aromatic rings. The summed E-state index contributed by atoms with van der Waals surface area (Å²) >= 11 is 0. The van der Waals surface area contributed by atoms with Crippen LogP contribution in [-0.2, 0) is 29.1 Å². The Kier molecular flexibility index (Phi) is 8.43. The van der Waals surface area contributed by atoms with Crippen LogP contribution in [0, 0.1) is 13.8 Å². The molecule has 0 radical (unpaired) electrons. The Morgan fingerprint density at radius 3 is 2.53 bits per heavy atom. The van der Waals surface area contributed by atoms with Crippen LogP contribution in [0.15, 0.2) is 47.4 Å². The highest BCUT2D eigenvalue weighted by Gasteiger charge is 2.29. The van der Waals surface area contributed by atoms with Gasteiger partial charge < -0.3 is 19.5 Å². The van der Waals surface area contributed by atoms with E-state index in [2.05, 4.69) is 5.32 Å². The maximum absolute atomic E-state index is 13.1. The Morgan fingerprint density at radius 2 is 1.85 bits per heavy atom. The second-order valence-electron chi connectivity index (χ2n) is 7.73. The summed E-state index contributed by atoms with van der Waals surface area (Å²) in [6.07, 6.45) is 2.56. The van der Waals surface area contributed by atoms with Crippen molar-refractivity contribution in [3.63, 3.8) is 0 Å². The lowest BCUT2D eigenvalue weighted by Crippen LogP contribution is -2.40. The van der Waals surface area contributed by atoms with Gasteiger partial charge in [0.1, 0.15) is 10.6 Å². The highest BCUT2D eigenvalue weighted by molar-refractivity contribution is 7.89.